The zero-order valence-electron chi connectivity index (χ0n) is 7.27. The molecule has 0 N–H and O–H groups in total. The molecule has 0 aromatic carbocycles. The fourth-order valence-corrected chi connectivity index (χ4v) is 1.39. The van der Waals surface area contributed by atoms with Crippen LogP contribution in [0.15, 0.2) is 35.2 Å². The molecule has 0 spiro atoms. The van der Waals surface area contributed by atoms with Gasteiger partial charge in [0.15, 0.2) is 0 Å². The topological polar surface area (TPSA) is 33.5 Å². The minimum Gasteiger partial charge on any atom is -0.472 e. The zero-order chi connectivity index (χ0) is 9.10. The highest BCUT2D eigenvalue weighted by molar-refractivity contribution is 5.93. The Kier molecular flexibility index (Phi) is 2.17. The molecule has 0 aliphatic carbocycles. The van der Waals surface area contributed by atoms with Crippen molar-refractivity contribution in [1.29, 1.82) is 0 Å². The molecule has 0 saturated heterocycles. The molecule has 1 aromatic rings. The van der Waals surface area contributed by atoms with E-state index in [1.165, 1.54) is 12.5 Å². The van der Waals surface area contributed by atoms with E-state index in [0.29, 0.717) is 12.1 Å². The van der Waals surface area contributed by atoms with E-state index in [1.807, 2.05) is 11.0 Å². The quantitative estimate of drug-likeness (QED) is 0.611. The predicted octanol–water partition coefficient (Wildman–Crippen LogP) is 1.68. The fourth-order valence-electron chi connectivity index (χ4n) is 1.39. The number of rotatable bonds is 1. The average Bonchev–Trinajstić information content (AvgIpc) is 2.71. The molecule has 0 radical (unpaired) electrons. The molecule has 0 fully saturated rings. The molecular weight excluding hydrogens is 166 g/mol. The van der Waals surface area contributed by atoms with Gasteiger partial charge in [-0.2, -0.15) is 0 Å². The Labute approximate surface area is 76.6 Å². The van der Waals surface area contributed by atoms with E-state index in [1.54, 1.807) is 6.07 Å². The van der Waals surface area contributed by atoms with Gasteiger partial charge in [-0.05, 0) is 12.5 Å². The summed E-state index contributed by atoms with van der Waals surface area (Å²) in [6.45, 7) is 1.52. The molecule has 1 amide bonds. The Morgan fingerprint density at radius 3 is 3.00 bits per heavy atom. The zero-order valence-corrected chi connectivity index (χ0v) is 7.27. The highest BCUT2D eigenvalue weighted by atomic mass is 16.3. The van der Waals surface area contributed by atoms with Gasteiger partial charge < -0.3 is 9.32 Å². The number of carbonyl (C=O) groups excluding carboxylic acids is 1. The van der Waals surface area contributed by atoms with Crippen LogP contribution in [0, 0.1) is 0 Å². The first-order chi connectivity index (χ1) is 6.38. The molecule has 1 aliphatic heterocycles. The molecular formula is C10H11NO2. The van der Waals surface area contributed by atoms with E-state index in [4.69, 9.17) is 4.42 Å². The van der Waals surface area contributed by atoms with E-state index < -0.39 is 0 Å². The van der Waals surface area contributed by atoms with E-state index in [0.717, 1.165) is 13.0 Å². The van der Waals surface area contributed by atoms with Gasteiger partial charge in [-0.15, -0.1) is 0 Å². The first-order valence-electron chi connectivity index (χ1n) is 4.34. The number of nitrogens with zero attached hydrogens (tertiary/aromatic N) is 1. The van der Waals surface area contributed by atoms with Crippen LogP contribution >= 0.6 is 0 Å². The summed E-state index contributed by atoms with van der Waals surface area (Å²) in [6.07, 6.45) is 8.07. The van der Waals surface area contributed by atoms with Crippen molar-refractivity contribution < 1.29 is 9.21 Å². The lowest BCUT2D eigenvalue weighted by Crippen LogP contribution is -2.33. The van der Waals surface area contributed by atoms with Gasteiger partial charge in [0.2, 0.25) is 0 Å². The highest BCUT2D eigenvalue weighted by Crippen LogP contribution is 2.08. The van der Waals surface area contributed by atoms with Crippen LogP contribution in [0.1, 0.15) is 16.8 Å². The smallest absolute Gasteiger partial charge is 0.257 e. The van der Waals surface area contributed by atoms with Crippen LogP contribution in [0.25, 0.3) is 0 Å². The molecule has 1 aliphatic rings. The highest BCUT2D eigenvalue weighted by Gasteiger charge is 2.16. The normalized spacial score (nSPS) is 16.2. The molecule has 2 heterocycles. The Bertz CT molecular complexity index is 314. The third-order valence-corrected chi connectivity index (χ3v) is 2.11. The van der Waals surface area contributed by atoms with E-state index in [9.17, 15) is 4.79 Å². The predicted molar refractivity (Wildman–Crippen MR) is 48.4 cm³/mol. The van der Waals surface area contributed by atoms with Crippen molar-refractivity contribution in [2.75, 3.05) is 13.1 Å². The number of carbonyl (C=O) groups is 1. The number of hydrogen-bond acceptors (Lipinski definition) is 2. The first-order valence-corrected chi connectivity index (χ1v) is 4.34. The SMILES string of the molecule is O=C(c1ccoc1)N1CC=CCC1. The largest absolute Gasteiger partial charge is 0.472 e. The van der Waals surface area contributed by atoms with E-state index >= 15 is 0 Å². The van der Waals surface area contributed by atoms with Crippen LogP contribution in [0.4, 0.5) is 0 Å². The van der Waals surface area contributed by atoms with Crippen molar-refractivity contribution in [2.45, 2.75) is 6.42 Å². The molecule has 0 atom stereocenters. The molecule has 68 valence electrons. The summed E-state index contributed by atoms with van der Waals surface area (Å²) in [5, 5.41) is 0. The Hall–Kier alpha value is -1.51. The van der Waals surface area contributed by atoms with Crippen LogP contribution in [0.3, 0.4) is 0 Å². The minimum absolute atomic E-state index is 0.0538. The molecule has 1 aromatic heterocycles. The van der Waals surface area contributed by atoms with Crippen LogP contribution in [0.5, 0.6) is 0 Å². The van der Waals surface area contributed by atoms with Gasteiger partial charge in [0.25, 0.3) is 5.91 Å². The first kappa shape index (κ1) is 8.10. The summed E-state index contributed by atoms with van der Waals surface area (Å²) in [5.74, 6) is 0.0538. The van der Waals surface area contributed by atoms with Crippen molar-refractivity contribution >= 4 is 5.91 Å². The standard InChI is InChI=1S/C10H11NO2/c12-10(9-4-7-13-8-9)11-5-2-1-3-6-11/h1-2,4,7-8H,3,5-6H2. The van der Waals surface area contributed by atoms with Gasteiger partial charge in [0, 0.05) is 13.1 Å². The maximum absolute atomic E-state index is 11.7. The summed E-state index contributed by atoms with van der Waals surface area (Å²) in [7, 11) is 0. The minimum atomic E-state index is 0.0538. The molecule has 2 rings (SSSR count). The van der Waals surface area contributed by atoms with Gasteiger partial charge in [-0.25, -0.2) is 0 Å². The summed E-state index contributed by atoms with van der Waals surface area (Å²) in [6, 6.07) is 1.70. The molecule has 0 saturated carbocycles. The Morgan fingerprint density at radius 1 is 1.46 bits per heavy atom. The van der Waals surface area contributed by atoms with Crippen molar-refractivity contribution in [1.82, 2.24) is 4.90 Å². The molecule has 3 heteroatoms. The molecule has 13 heavy (non-hydrogen) atoms. The van der Waals surface area contributed by atoms with Crippen LogP contribution in [-0.4, -0.2) is 23.9 Å². The van der Waals surface area contributed by atoms with Gasteiger partial charge in [0.05, 0.1) is 11.8 Å². The van der Waals surface area contributed by atoms with Gasteiger partial charge in [0.1, 0.15) is 6.26 Å². The van der Waals surface area contributed by atoms with Gasteiger partial charge in [-0.3, -0.25) is 4.79 Å². The third-order valence-electron chi connectivity index (χ3n) is 2.11. The molecule has 0 bridgehead atoms. The van der Waals surface area contributed by atoms with Crippen molar-refractivity contribution in [3.05, 3.63) is 36.3 Å². The number of hydrogen-bond donors (Lipinski definition) is 0. The van der Waals surface area contributed by atoms with E-state index in [-0.39, 0.29) is 5.91 Å². The molecule has 3 nitrogen and oxygen atoms in total. The van der Waals surface area contributed by atoms with Gasteiger partial charge in [-0.1, -0.05) is 12.2 Å². The van der Waals surface area contributed by atoms with E-state index in [2.05, 4.69) is 6.08 Å². The van der Waals surface area contributed by atoms with Crippen molar-refractivity contribution in [3.8, 4) is 0 Å². The fraction of sp³-hybridized carbons (Fsp3) is 0.300. The Morgan fingerprint density at radius 2 is 2.38 bits per heavy atom. The second-order valence-electron chi connectivity index (χ2n) is 3.02. The Balaban J connectivity index is 2.09. The monoisotopic (exact) mass is 177 g/mol. The second-order valence-corrected chi connectivity index (χ2v) is 3.02. The van der Waals surface area contributed by atoms with Gasteiger partial charge >= 0.3 is 0 Å². The lowest BCUT2D eigenvalue weighted by atomic mass is 10.2. The third kappa shape index (κ3) is 1.64. The average molecular weight is 177 g/mol. The number of furan rings is 1. The van der Waals surface area contributed by atoms with Crippen LogP contribution in [0.2, 0.25) is 0 Å². The maximum atomic E-state index is 11.7. The summed E-state index contributed by atoms with van der Waals surface area (Å²) < 4.78 is 4.86. The summed E-state index contributed by atoms with van der Waals surface area (Å²) in [4.78, 5) is 13.5. The molecule has 0 unspecified atom stereocenters. The second kappa shape index (κ2) is 3.47. The van der Waals surface area contributed by atoms with Crippen LogP contribution in [-0.2, 0) is 0 Å². The van der Waals surface area contributed by atoms with Crippen molar-refractivity contribution in [2.24, 2.45) is 0 Å². The van der Waals surface area contributed by atoms with Crippen LogP contribution < -0.4 is 0 Å². The lowest BCUT2D eigenvalue weighted by molar-refractivity contribution is 0.0770. The van der Waals surface area contributed by atoms with Crippen molar-refractivity contribution in [3.63, 3.8) is 0 Å². The lowest BCUT2D eigenvalue weighted by Gasteiger charge is -2.22. The summed E-state index contributed by atoms with van der Waals surface area (Å²) >= 11 is 0. The maximum Gasteiger partial charge on any atom is 0.257 e. The number of amides is 1. The summed E-state index contributed by atoms with van der Waals surface area (Å²) in [5.41, 5.74) is 0.635.